The molecular formula is C15H23NO11S. The van der Waals surface area contributed by atoms with Crippen molar-refractivity contribution in [3.8, 4) is 0 Å². The fourth-order valence-corrected chi connectivity index (χ4v) is 2.50. The molecule has 1 rings (SSSR count). The summed E-state index contributed by atoms with van der Waals surface area (Å²) in [6.07, 6.45) is -6.49. The third kappa shape index (κ3) is 7.05. The van der Waals surface area contributed by atoms with Crippen molar-refractivity contribution in [2.24, 2.45) is 5.14 Å². The lowest BCUT2D eigenvalue weighted by molar-refractivity contribution is -0.228. The van der Waals surface area contributed by atoms with Crippen molar-refractivity contribution < 1.29 is 50.7 Å². The zero-order valence-corrected chi connectivity index (χ0v) is 16.4. The molecule has 0 unspecified atom stereocenters. The van der Waals surface area contributed by atoms with Crippen LogP contribution in [0.15, 0.2) is 0 Å². The Balaban J connectivity index is 3.25. The Morgan fingerprint density at radius 1 is 0.929 bits per heavy atom. The maximum Gasteiger partial charge on any atom is 0.352 e. The molecule has 1 aliphatic heterocycles. The average Bonchev–Trinajstić information content (AvgIpc) is 2.63. The number of hydrogen-bond acceptors (Lipinski definition) is 11. The van der Waals surface area contributed by atoms with Gasteiger partial charge in [-0.25, -0.2) is 9.93 Å². The number of carbonyl (C=O) groups is 4. The van der Waals surface area contributed by atoms with Crippen LogP contribution in [-0.4, -0.2) is 63.3 Å². The molecule has 4 atom stereocenters. The van der Waals surface area contributed by atoms with Crippen LogP contribution in [-0.2, 0) is 52.6 Å². The van der Waals surface area contributed by atoms with Gasteiger partial charge in [0.05, 0.1) is 0 Å². The minimum Gasteiger partial charge on any atom is -0.454 e. The Morgan fingerprint density at radius 2 is 1.39 bits per heavy atom. The maximum absolute atomic E-state index is 12.3. The Kier molecular flexibility index (Phi) is 8.78. The number of esters is 4. The van der Waals surface area contributed by atoms with Gasteiger partial charge in [0.1, 0.15) is 6.61 Å². The molecule has 0 aliphatic carbocycles. The van der Waals surface area contributed by atoms with Crippen LogP contribution in [0.3, 0.4) is 0 Å². The lowest BCUT2D eigenvalue weighted by Gasteiger charge is -2.39. The predicted molar refractivity (Wildman–Crippen MR) is 89.5 cm³/mol. The first-order valence-corrected chi connectivity index (χ1v) is 9.95. The van der Waals surface area contributed by atoms with E-state index in [1.165, 1.54) is 20.8 Å². The summed E-state index contributed by atoms with van der Waals surface area (Å²) in [4.78, 5) is 47.6. The lowest BCUT2D eigenvalue weighted by Crippen LogP contribution is -2.61. The monoisotopic (exact) mass is 425 g/mol. The molecule has 12 nitrogen and oxygen atoms in total. The molecule has 0 bridgehead atoms. The Labute approximate surface area is 161 Å². The molecule has 28 heavy (non-hydrogen) atoms. The zero-order valence-electron chi connectivity index (χ0n) is 15.6. The summed E-state index contributed by atoms with van der Waals surface area (Å²) in [7, 11) is -4.41. The molecule has 1 fully saturated rings. The third-order valence-corrected chi connectivity index (χ3v) is 4.01. The summed E-state index contributed by atoms with van der Waals surface area (Å²) >= 11 is 0. The quantitative estimate of drug-likeness (QED) is 0.358. The highest BCUT2D eigenvalue weighted by atomic mass is 32.2. The van der Waals surface area contributed by atoms with E-state index < -0.39 is 65.2 Å². The highest BCUT2D eigenvalue weighted by molar-refractivity contribution is 7.84. The van der Waals surface area contributed by atoms with E-state index in [0.717, 1.165) is 0 Å². The van der Waals surface area contributed by atoms with Gasteiger partial charge in [-0.3, -0.25) is 18.6 Å². The van der Waals surface area contributed by atoms with E-state index in [9.17, 15) is 27.6 Å². The van der Waals surface area contributed by atoms with E-state index in [-0.39, 0.29) is 19.3 Å². The van der Waals surface area contributed by atoms with Gasteiger partial charge < -0.3 is 18.9 Å². The van der Waals surface area contributed by atoms with Gasteiger partial charge in [0.25, 0.3) is 0 Å². The van der Waals surface area contributed by atoms with Crippen LogP contribution in [0.25, 0.3) is 0 Å². The van der Waals surface area contributed by atoms with Gasteiger partial charge in [-0.2, -0.15) is 8.42 Å². The number of nitrogens with two attached hydrogens (primary N) is 1. The van der Waals surface area contributed by atoms with Gasteiger partial charge in [0.15, 0.2) is 18.3 Å². The van der Waals surface area contributed by atoms with E-state index >= 15 is 0 Å². The summed E-state index contributed by atoms with van der Waals surface area (Å²) < 4.78 is 46.8. The summed E-state index contributed by atoms with van der Waals surface area (Å²) in [5.74, 6) is -3.45. The van der Waals surface area contributed by atoms with Crippen molar-refractivity contribution in [1.29, 1.82) is 0 Å². The molecule has 160 valence electrons. The van der Waals surface area contributed by atoms with Crippen molar-refractivity contribution >= 4 is 34.2 Å². The summed E-state index contributed by atoms with van der Waals surface area (Å²) in [5, 5.41) is 4.76. The molecule has 2 N–H and O–H groups in total. The molecular weight excluding hydrogens is 402 g/mol. The van der Waals surface area contributed by atoms with E-state index in [4.69, 9.17) is 24.1 Å². The normalized spacial score (nSPS) is 24.8. The molecule has 0 aromatic heterocycles. The SMILES string of the molecule is CCC(=O)O[C@H]1[C@H](OC(=O)CC)[C@@H](OC(=O)CC)C(=O)O[C@@H]1COS(N)(=O)=O. The highest BCUT2D eigenvalue weighted by Gasteiger charge is 2.53. The second-order valence-electron chi connectivity index (χ2n) is 5.63. The van der Waals surface area contributed by atoms with Gasteiger partial charge in [0.2, 0.25) is 6.10 Å². The topological polar surface area (TPSA) is 175 Å². The van der Waals surface area contributed by atoms with Crippen LogP contribution < -0.4 is 5.14 Å². The fourth-order valence-electron chi connectivity index (χ4n) is 2.17. The third-order valence-electron chi connectivity index (χ3n) is 3.54. The molecule has 0 saturated carbocycles. The Hall–Kier alpha value is -2.25. The van der Waals surface area contributed by atoms with Crippen LogP contribution >= 0.6 is 0 Å². The van der Waals surface area contributed by atoms with E-state index in [1.54, 1.807) is 0 Å². The van der Waals surface area contributed by atoms with Crippen LogP contribution in [0, 0.1) is 0 Å². The number of hydrogen-bond donors (Lipinski definition) is 1. The first-order chi connectivity index (χ1) is 13.0. The van der Waals surface area contributed by atoms with Crippen molar-refractivity contribution in [1.82, 2.24) is 0 Å². The van der Waals surface area contributed by atoms with Gasteiger partial charge in [-0.1, -0.05) is 20.8 Å². The van der Waals surface area contributed by atoms with Gasteiger partial charge in [-0.05, 0) is 0 Å². The molecule has 0 aromatic carbocycles. The second kappa shape index (κ2) is 10.3. The zero-order chi connectivity index (χ0) is 21.5. The average molecular weight is 425 g/mol. The van der Waals surface area contributed by atoms with E-state index in [1.807, 2.05) is 0 Å². The van der Waals surface area contributed by atoms with Gasteiger partial charge in [0, 0.05) is 19.3 Å². The first kappa shape index (κ1) is 23.8. The van der Waals surface area contributed by atoms with Gasteiger partial charge >= 0.3 is 34.2 Å². The lowest BCUT2D eigenvalue weighted by atomic mass is 9.99. The second-order valence-corrected chi connectivity index (χ2v) is 6.85. The molecule has 0 amide bonds. The minimum absolute atomic E-state index is 0.0823. The van der Waals surface area contributed by atoms with Crippen molar-refractivity contribution in [2.75, 3.05) is 6.61 Å². The Morgan fingerprint density at radius 3 is 1.86 bits per heavy atom. The number of cyclic esters (lactones) is 1. The van der Waals surface area contributed by atoms with Crippen molar-refractivity contribution in [3.63, 3.8) is 0 Å². The number of ether oxygens (including phenoxy) is 4. The largest absolute Gasteiger partial charge is 0.454 e. The van der Waals surface area contributed by atoms with E-state index in [0.29, 0.717) is 0 Å². The fraction of sp³-hybridized carbons (Fsp3) is 0.733. The summed E-state index contributed by atoms with van der Waals surface area (Å²) in [6.45, 7) is 3.63. The molecule has 13 heteroatoms. The molecule has 1 aliphatic rings. The first-order valence-electron chi connectivity index (χ1n) is 8.48. The summed E-state index contributed by atoms with van der Waals surface area (Å²) in [5.41, 5.74) is 0. The molecule has 0 aromatic rings. The van der Waals surface area contributed by atoms with Crippen LogP contribution in [0.5, 0.6) is 0 Å². The standard InChI is InChI=1S/C15H23NO11S/c1-4-9(17)25-12-8(7-23-28(16,21)22)24-15(20)14(27-11(19)6-3)13(12)26-10(18)5-2/h8,12-14H,4-7H2,1-3H3,(H2,16,21,22)/t8-,12-,13+,14-/m1/s1. The van der Waals surface area contributed by atoms with Crippen molar-refractivity contribution in [3.05, 3.63) is 0 Å². The number of carbonyl (C=O) groups excluding carboxylic acids is 4. The van der Waals surface area contributed by atoms with Gasteiger partial charge in [-0.15, -0.1) is 0 Å². The molecule has 0 radical (unpaired) electrons. The smallest absolute Gasteiger partial charge is 0.352 e. The van der Waals surface area contributed by atoms with E-state index in [2.05, 4.69) is 4.18 Å². The van der Waals surface area contributed by atoms with Crippen molar-refractivity contribution in [2.45, 2.75) is 64.4 Å². The van der Waals surface area contributed by atoms with Crippen LogP contribution in [0.4, 0.5) is 0 Å². The number of rotatable bonds is 9. The summed E-state index contributed by atoms with van der Waals surface area (Å²) in [6, 6.07) is 0. The minimum atomic E-state index is -4.41. The van der Waals surface area contributed by atoms with Crippen LogP contribution in [0.2, 0.25) is 0 Å². The predicted octanol–water partition coefficient (Wildman–Crippen LogP) is -0.903. The van der Waals surface area contributed by atoms with Crippen LogP contribution in [0.1, 0.15) is 40.0 Å². The maximum atomic E-state index is 12.3. The molecule has 0 spiro atoms. The highest BCUT2D eigenvalue weighted by Crippen LogP contribution is 2.26. The Bertz CT molecular complexity index is 705. The molecule has 1 heterocycles. The molecule has 1 saturated heterocycles.